The van der Waals surface area contributed by atoms with E-state index in [4.69, 9.17) is 4.52 Å². The first kappa shape index (κ1) is 16.6. The lowest BCUT2D eigenvalue weighted by Gasteiger charge is -2.32. The number of nitrogens with one attached hydrogen (secondary N) is 1. The van der Waals surface area contributed by atoms with Gasteiger partial charge in [0.05, 0.1) is 0 Å². The molecule has 6 nitrogen and oxygen atoms in total. The fourth-order valence-corrected chi connectivity index (χ4v) is 5.39. The van der Waals surface area contributed by atoms with Crippen LogP contribution in [0.25, 0.3) is 0 Å². The Morgan fingerprint density at radius 2 is 2.30 bits per heavy atom. The maximum atomic E-state index is 12.6. The van der Waals surface area contributed by atoms with Crippen molar-refractivity contribution < 1.29 is 12.9 Å². The van der Waals surface area contributed by atoms with E-state index < -0.39 is 10.0 Å². The van der Waals surface area contributed by atoms with Gasteiger partial charge in [-0.3, -0.25) is 4.90 Å². The van der Waals surface area contributed by atoms with E-state index in [2.05, 4.69) is 26.2 Å². The van der Waals surface area contributed by atoms with Gasteiger partial charge in [0, 0.05) is 24.0 Å². The number of sulfonamides is 1. The predicted molar refractivity (Wildman–Crippen MR) is 88.9 cm³/mol. The Morgan fingerprint density at radius 3 is 2.96 bits per heavy atom. The lowest BCUT2D eigenvalue weighted by Crippen LogP contribution is -2.47. The molecular formula is C15H21N3O3S2. The second-order valence-electron chi connectivity index (χ2n) is 5.93. The van der Waals surface area contributed by atoms with E-state index in [9.17, 15) is 8.42 Å². The highest BCUT2D eigenvalue weighted by molar-refractivity contribution is 7.89. The van der Waals surface area contributed by atoms with Gasteiger partial charge in [0.2, 0.25) is 10.0 Å². The van der Waals surface area contributed by atoms with Crippen molar-refractivity contribution >= 4 is 21.4 Å². The highest BCUT2D eigenvalue weighted by Crippen LogP contribution is 2.21. The number of likely N-dealkylation sites (tertiary alicyclic amines) is 1. The Morgan fingerprint density at radius 1 is 1.48 bits per heavy atom. The summed E-state index contributed by atoms with van der Waals surface area (Å²) in [5.41, 5.74) is 0.404. The monoisotopic (exact) mass is 355 g/mol. The van der Waals surface area contributed by atoms with Crippen LogP contribution in [0.4, 0.5) is 0 Å². The van der Waals surface area contributed by atoms with Crippen molar-refractivity contribution in [1.29, 1.82) is 0 Å². The summed E-state index contributed by atoms with van der Waals surface area (Å²) in [5.74, 6) is 0.334. The number of hydrogen-bond donors (Lipinski definition) is 1. The third kappa shape index (κ3) is 3.82. The summed E-state index contributed by atoms with van der Waals surface area (Å²) < 4.78 is 33.0. The van der Waals surface area contributed by atoms with Crippen LogP contribution >= 0.6 is 11.3 Å². The van der Waals surface area contributed by atoms with Crippen molar-refractivity contribution in [3.05, 3.63) is 33.8 Å². The molecule has 3 rings (SSSR count). The summed E-state index contributed by atoms with van der Waals surface area (Å²) in [7, 11) is -3.59. The van der Waals surface area contributed by atoms with Crippen LogP contribution in [-0.4, -0.2) is 37.6 Å². The average Bonchev–Trinajstić information content (AvgIpc) is 3.09. The fourth-order valence-electron chi connectivity index (χ4n) is 3.05. The number of piperidine rings is 1. The predicted octanol–water partition coefficient (Wildman–Crippen LogP) is 2.30. The summed E-state index contributed by atoms with van der Waals surface area (Å²) in [6, 6.07) is 4.08. The first-order valence-corrected chi connectivity index (χ1v) is 10.0. The van der Waals surface area contributed by atoms with Crippen molar-refractivity contribution in [3.63, 3.8) is 0 Å². The van der Waals surface area contributed by atoms with Crippen LogP contribution in [0.1, 0.15) is 29.2 Å². The normalized spacial score (nSPS) is 20.0. The zero-order valence-corrected chi connectivity index (χ0v) is 14.9. The molecule has 0 radical (unpaired) electrons. The van der Waals surface area contributed by atoms with Gasteiger partial charge in [-0.1, -0.05) is 11.2 Å². The molecule has 1 fully saturated rings. The zero-order chi connectivity index (χ0) is 16.4. The molecule has 0 aromatic carbocycles. The summed E-state index contributed by atoms with van der Waals surface area (Å²) in [6.07, 6.45) is 1.84. The maximum Gasteiger partial charge on any atom is 0.246 e. The highest BCUT2D eigenvalue weighted by Gasteiger charge is 2.29. The minimum Gasteiger partial charge on any atom is -0.360 e. The number of thiophene rings is 1. The van der Waals surface area contributed by atoms with Crippen LogP contribution in [0.2, 0.25) is 0 Å². The molecule has 0 saturated carbocycles. The molecule has 0 unspecified atom stereocenters. The molecule has 8 heteroatoms. The fraction of sp³-hybridized carbons (Fsp3) is 0.533. The SMILES string of the molecule is Cc1noc(C)c1S(=O)(=O)N[C@H]1CCCN(Cc2cccs2)C1. The van der Waals surface area contributed by atoms with E-state index >= 15 is 0 Å². The van der Waals surface area contributed by atoms with Gasteiger partial charge in [-0.2, -0.15) is 0 Å². The van der Waals surface area contributed by atoms with Crippen molar-refractivity contribution in [1.82, 2.24) is 14.8 Å². The van der Waals surface area contributed by atoms with Gasteiger partial charge < -0.3 is 4.52 Å². The molecule has 2 aromatic heterocycles. The van der Waals surface area contributed by atoms with E-state index in [0.717, 1.165) is 32.5 Å². The van der Waals surface area contributed by atoms with Crippen molar-refractivity contribution in [3.8, 4) is 0 Å². The van der Waals surface area contributed by atoms with Gasteiger partial charge in [-0.15, -0.1) is 11.3 Å². The second-order valence-corrected chi connectivity index (χ2v) is 8.61. The first-order valence-electron chi connectivity index (χ1n) is 7.65. The third-order valence-electron chi connectivity index (χ3n) is 4.02. The summed E-state index contributed by atoms with van der Waals surface area (Å²) >= 11 is 1.73. The van der Waals surface area contributed by atoms with Crippen LogP contribution in [-0.2, 0) is 16.6 Å². The number of aryl methyl sites for hydroxylation is 2. The minimum absolute atomic E-state index is 0.0811. The van der Waals surface area contributed by atoms with Crippen LogP contribution in [0.5, 0.6) is 0 Å². The van der Waals surface area contributed by atoms with Crippen molar-refractivity contribution in [2.45, 2.75) is 44.2 Å². The van der Waals surface area contributed by atoms with E-state index in [0.29, 0.717) is 11.5 Å². The molecule has 1 aliphatic heterocycles. The van der Waals surface area contributed by atoms with Crippen molar-refractivity contribution in [2.24, 2.45) is 0 Å². The summed E-state index contributed by atoms with van der Waals surface area (Å²) in [6.45, 7) is 5.87. The molecule has 3 heterocycles. The van der Waals surface area contributed by atoms with Gasteiger partial charge in [-0.05, 0) is 44.7 Å². The molecule has 0 spiro atoms. The first-order chi connectivity index (χ1) is 11.0. The Bertz CT molecular complexity index is 734. The van der Waals surface area contributed by atoms with Gasteiger partial charge in [0.1, 0.15) is 10.6 Å². The molecule has 1 atom stereocenters. The quantitative estimate of drug-likeness (QED) is 0.891. The standard InChI is InChI=1S/C15H21N3O3S2/c1-11-15(12(2)21-16-11)23(19,20)17-13-5-3-7-18(9-13)10-14-6-4-8-22-14/h4,6,8,13,17H,3,5,7,9-10H2,1-2H3/t13-/m0/s1. The molecule has 2 aromatic rings. The molecule has 0 amide bonds. The molecule has 1 aliphatic rings. The van der Waals surface area contributed by atoms with Crippen LogP contribution in [0, 0.1) is 13.8 Å². The molecular weight excluding hydrogens is 334 g/mol. The van der Waals surface area contributed by atoms with Crippen LogP contribution in [0.3, 0.4) is 0 Å². The van der Waals surface area contributed by atoms with Gasteiger partial charge in [-0.25, -0.2) is 13.1 Å². The smallest absolute Gasteiger partial charge is 0.246 e. The van der Waals surface area contributed by atoms with Gasteiger partial charge in [0.25, 0.3) is 0 Å². The van der Waals surface area contributed by atoms with E-state index in [1.54, 1.807) is 25.2 Å². The molecule has 0 aliphatic carbocycles. The average molecular weight is 355 g/mol. The lowest BCUT2D eigenvalue weighted by atomic mass is 10.1. The number of hydrogen-bond acceptors (Lipinski definition) is 6. The Balaban J connectivity index is 1.67. The zero-order valence-electron chi connectivity index (χ0n) is 13.3. The van der Waals surface area contributed by atoms with E-state index in [-0.39, 0.29) is 10.9 Å². The van der Waals surface area contributed by atoms with Gasteiger partial charge >= 0.3 is 0 Å². The summed E-state index contributed by atoms with van der Waals surface area (Å²) in [5, 5.41) is 5.80. The largest absolute Gasteiger partial charge is 0.360 e. The Hall–Kier alpha value is -1.22. The van der Waals surface area contributed by atoms with E-state index in [1.165, 1.54) is 4.88 Å². The topological polar surface area (TPSA) is 75.4 Å². The molecule has 23 heavy (non-hydrogen) atoms. The lowest BCUT2D eigenvalue weighted by molar-refractivity contribution is 0.196. The van der Waals surface area contributed by atoms with E-state index in [1.807, 2.05) is 6.07 Å². The molecule has 1 saturated heterocycles. The summed E-state index contributed by atoms with van der Waals surface area (Å²) in [4.78, 5) is 3.78. The number of rotatable bonds is 5. The Kier molecular flexibility index (Phi) is 4.86. The van der Waals surface area contributed by atoms with Crippen molar-refractivity contribution in [2.75, 3.05) is 13.1 Å². The van der Waals surface area contributed by atoms with Gasteiger partial charge in [0.15, 0.2) is 5.76 Å². The number of nitrogens with zero attached hydrogens (tertiary/aromatic N) is 2. The molecule has 0 bridgehead atoms. The Labute approximate surface area is 140 Å². The van der Waals surface area contributed by atoms with Crippen LogP contribution in [0.15, 0.2) is 26.9 Å². The third-order valence-corrected chi connectivity index (χ3v) is 6.65. The van der Waals surface area contributed by atoms with Crippen LogP contribution < -0.4 is 4.72 Å². The number of aromatic nitrogens is 1. The minimum atomic E-state index is -3.59. The maximum absolute atomic E-state index is 12.6. The molecule has 126 valence electrons. The highest BCUT2D eigenvalue weighted by atomic mass is 32.2. The second kappa shape index (κ2) is 6.72. The molecule has 1 N–H and O–H groups in total.